The number of halogens is 2. The normalized spacial score (nSPS) is 16.8. The monoisotopic (exact) mass is 368 g/mol. The van der Waals surface area contributed by atoms with E-state index in [1.165, 1.54) is 18.2 Å². The van der Waals surface area contributed by atoms with Crippen LogP contribution < -0.4 is 5.32 Å². The number of morpholine rings is 1. The molecule has 0 saturated carbocycles. The van der Waals surface area contributed by atoms with Crippen LogP contribution in [-0.4, -0.2) is 43.7 Å². The zero-order chi connectivity index (χ0) is 16.9. The van der Waals surface area contributed by atoms with Crippen molar-refractivity contribution in [1.82, 2.24) is 10.2 Å². The molecule has 1 saturated heterocycles. The first kappa shape index (κ1) is 17.4. The third-order valence-corrected chi connectivity index (χ3v) is 5.08. The lowest BCUT2D eigenvalue weighted by atomic mass is 10.1. The quantitative estimate of drug-likeness (QED) is 0.880. The van der Waals surface area contributed by atoms with E-state index in [0.29, 0.717) is 19.8 Å². The highest BCUT2D eigenvalue weighted by atomic mass is 35.5. The number of amides is 1. The smallest absolute Gasteiger partial charge is 0.255 e. The maximum Gasteiger partial charge on any atom is 0.255 e. The molecular weight excluding hydrogens is 351 g/mol. The fraction of sp³-hybridized carbons (Fsp3) is 0.353. The van der Waals surface area contributed by atoms with Crippen molar-refractivity contribution < 1.29 is 13.9 Å². The van der Waals surface area contributed by atoms with Crippen LogP contribution in [-0.2, 0) is 4.74 Å². The number of hydrogen-bond donors (Lipinski definition) is 1. The molecule has 1 aliphatic heterocycles. The predicted octanol–water partition coefficient (Wildman–Crippen LogP) is 3.34. The van der Waals surface area contributed by atoms with E-state index < -0.39 is 11.7 Å². The van der Waals surface area contributed by atoms with E-state index in [1.807, 2.05) is 11.4 Å². The molecule has 1 aromatic carbocycles. The van der Waals surface area contributed by atoms with Crippen molar-refractivity contribution in [2.24, 2.45) is 0 Å². The van der Waals surface area contributed by atoms with Gasteiger partial charge in [0.2, 0.25) is 0 Å². The van der Waals surface area contributed by atoms with Crippen molar-refractivity contribution in [3.8, 4) is 0 Å². The number of ether oxygens (including phenoxy) is 1. The number of nitrogens with zero attached hydrogens (tertiary/aromatic N) is 1. The Labute approximate surface area is 149 Å². The molecule has 1 aliphatic rings. The minimum Gasteiger partial charge on any atom is -0.379 e. The largest absolute Gasteiger partial charge is 0.379 e. The maximum absolute atomic E-state index is 13.9. The van der Waals surface area contributed by atoms with Crippen molar-refractivity contribution in [1.29, 1.82) is 0 Å². The van der Waals surface area contributed by atoms with Gasteiger partial charge in [0.15, 0.2) is 0 Å². The van der Waals surface area contributed by atoms with Crippen LogP contribution in [0.5, 0.6) is 0 Å². The van der Waals surface area contributed by atoms with E-state index in [-0.39, 0.29) is 16.6 Å². The van der Waals surface area contributed by atoms with Crippen molar-refractivity contribution >= 4 is 28.8 Å². The molecule has 2 aromatic rings. The highest BCUT2D eigenvalue weighted by molar-refractivity contribution is 7.07. The minimum atomic E-state index is -0.613. The van der Waals surface area contributed by atoms with Gasteiger partial charge in [-0.25, -0.2) is 4.39 Å². The average molecular weight is 369 g/mol. The molecule has 1 fully saturated rings. The third kappa shape index (κ3) is 3.95. The van der Waals surface area contributed by atoms with Crippen molar-refractivity contribution in [2.45, 2.75) is 6.04 Å². The number of thiophene rings is 1. The molecule has 1 amide bonds. The van der Waals surface area contributed by atoms with Gasteiger partial charge in [0.05, 0.1) is 29.8 Å². The molecule has 4 nitrogen and oxygen atoms in total. The van der Waals surface area contributed by atoms with Gasteiger partial charge in [-0.1, -0.05) is 17.7 Å². The summed E-state index contributed by atoms with van der Waals surface area (Å²) in [5.74, 6) is -1.11. The molecule has 0 bridgehead atoms. The molecule has 0 spiro atoms. The highest BCUT2D eigenvalue weighted by Crippen LogP contribution is 2.24. The van der Waals surface area contributed by atoms with E-state index in [1.54, 1.807) is 11.3 Å². The molecule has 1 aromatic heterocycles. The summed E-state index contributed by atoms with van der Waals surface area (Å²) in [6, 6.07) is 6.31. The van der Waals surface area contributed by atoms with Crippen LogP contribution >= 0.6 is 22.9 Å². The number of nitrogens with one attached hydrogen (secondary N) is 1. The molecular formula is C17H18ClFN2O2S. The number of benzene rings is 1. The van der Waals surface area contributed by atoms with E-state index in [2.05, 4.69) is 15.6 Å². The topological polar surface area (TPSA) is 41.6 Å². The van der Waals surface area contributed by atoms with Gasteiger partial charge >= 0.3 is 0 Å². The van der Waals surface area contributed by atoms with Gasteiger partial charge in [-0.15, -0.1) is 0 Å². The molecule has 2 heterocycles. The lowest BCUT2D eigenvalue weighted by Gasteiger charge is -2.34. The molecule has 3 rings (SSSR count). The summed E-state index contributed by atoms with van der Waals surface area (Å²) in [5, 5.41) is 7.03. The van der Waals surface area contributed by atoms with Gasteiger partial charge < -0.3 is 10.1 Å². The molecule has 128 valence electrons. The van der Waals surface area contributed by atoms with E-state index in [0.717, 1.165) is 18.7 Å². The van der Waals surface area contributed by atoms with Gasteiger partial charge in [-0.05, 0) is 34.5 Å². The van der Waals surface area contributed by atoms with Crippen LogP contribution in [0.2, 0.25) is 5.02 Å². The summed E-state index contributed by atoms with van der Waals surface area (Å²) >= 11 is 7.58. The van der Waals surface area contributed by atoms with Crippen LogP contribution in [0.1, 0.15) is 22.0 Å². The Hall–Kier alpha value is -1.47. The van der Waals surface area contributed by atoms with Gasteiger partial charge in [-0.3, -0.25) is 9.69 Å². The molecule has 0 unspecified atom stereocenters. The predicted molar refractivity (Wildman–Crippen MR) is 93.2 cm³/mol. The van der Waals surface area contributed by atoms with Crippen molar-refractivity contribution in [2.75, 3.05) is 32.8 Å². The van der Waals surface area contributed by atoms with E-state index >= 15 is 0 Å². The Bertz CT molecular complexity index is 670. The first-order valence-corrected chi connectivity index (χ1v) is 9.05. The van der Waals surface area contributed by atoms with Crippen LogP contribution in [0.15, 0.2) is 35.0 Å². The molecule has 24 heavy (non-hydrogen) atoms. The summed E-state index contributed by atoms with van der Waals surface area (Å²) in [7, 11) is 0. The van der Waals surface area contributed by atoms with Crippen LogP contribution in [0.4, 0.5) is 4.39 Å². The number of rotatable bonds is 5. The summed E-state index contributed by atoms with van der Waals surface area (Å²) in [6.07, 6.45) is 0. The fourth-order valence-electron chi connectivity index (χ4n) is 2.80. The summed E-state index contributed by atoms with van der Waals surface area (Å²) in [4.78, 5) is 14.6. The summed E-state index contributed by atoms with van der Waals surface area (Å²) < 4.78 is 19.3. The first-order valence-electron chi connectivity index (χ1n) is 7.73. The van der Waals surface area contributed by atoms with Gasteiger partial charge in [-0.2, -0.15) is 11.3 Å². The zero-order valence-corrected chi connectivity index (χ0v) is 14.6. The second-order valence-corrected chi connectivity index (χ2v) is 6.71. The maximum atomic E-state index is 13.9. The highest BCUT2D eigenvalue weighted by Gasteiger charge is 2.24. The molecule has 1 atom stereocenters. The van der Waals surface area contributed by atoms with Gasteiger partial charge in [0, 0.05) is 19.6 Å². The number of carbonyl (C=O) groups is 1. The second kappa shape index (κ2) is 8.07. The Kier molecular flexibility index (Phi) is 5.84. The van der Waals surface area contributed by atoms with Crippen molar-refractivity contribution in [3.63, 3.8) is 0 Å². The standard InChI is InChI=1S/C17H18ClFN2O2S/c18-13-2-1-3-14(19)16(13)17(22)20-10-15(12-4-9-24-11-12)21-5-7-23-8-6-21/h1-4,9,11,15H,5-8,10H2,(H,20,22)/t15-/m0/s1. The summed E-state index contributed by atoms with van der Waals surface area (Å²) in [6.45, 7) is 3.34. The minimum absolute atomic E-state index is 0.0367. The zero-order valence-electron chi connectivity index (χ0n) is 13.0. The number of hydrogen-bond acceptors (Lipinski definition) is 4. The van der Waals surface area contributed by atoms with Crippen LogP contribution in [0.3, 0.4) is 0 Å². The lowest BCUT2D eigenvalue weighted by Crippen LogP contribution is -2.43. The van der Waals surface area contributed by atoms with Crippen LogP contribution in [0.25, 0.3) is 0 Å². The first-order chi connectivity index (χ1) is 11.7. The van der Waals surface area contributed by atoms with E-state index in [4.69, 9.17) is 16.3 Å². The van der Waals surface area contributed by atoms with Crippen LogP contribution in [0, 0.1) is 5.82 Å². The molecule has 1 N–H and O–H groups in total. The van der Waals surface area contributed by atoms with Gasteiger partial charge in [0.1, 0.15) is 5.82 Å². The number of carbonyl (C=O) groups excluding carboxylic acids is 1. The Morgan fingerprint density at radius 1 is 1.38 bits per heavy atom. The third-order valence-electron chi connectivity index (χ3n) is 4.06. The molecule has 0 radical (unpaired) electrons. The van der Waals surface area contributed by atoms with Crippen molar-refractivity contribution in [3.05, 3.63) is 57.0 Å². The van der Waals surface area contributed by atoms with Gasteiger partial charge in [0.25, 0.3) is 5.91 Å². The SMILES string of the molecule is O=C(NC[C@@H](c1ccsc1)N1CCOCC1)c1c(F)cccc1Cl. The fourth-order valence-corrected chi connectivity index (χ4v) is 3.76. The van der Waals surface area contributed by atoms with E-state index in [9.17, 15) is 9.18 Å². The molecule has 0 aliphatic carbocycles. The Morgan fingerprint density at radius 3 is 2.83 bits per heavy atom. The Morgan fingerprint density at radius 2 is 2.17 bits per heavy atom. The second-order valence-electron chi connectivity index (χ2n) is 5.53. The lowest BCUT2D eigenvalue weighted by molar-refractivity contribution is 0.0163. The molecule has 7 heteroatoms. The average Bonchev–Trinajstić information content (AvgIpc) is 3.10. The summed E-state index contributed by atoms with van der Waals surface area (Å²) in [5.41, 5.74) is 1.03. The Balaban J connectivity index is 1.72.